The summed E-state index contributed by atoms with van der Waals surface area (Å²) in [7, 11) is 0. The summed E-state index contributed by atoms with van der Waals surface area (Å²) in [6.45, 7) is 11.5. The number of benzene rings is 2. The van der Waals surface area contributed by atoms with Crippen molar-refractivity contribution in [2.75, 3.05) is 0 Å². The molecule has 0 heterocycles. The summed E-state index contributed by atoms with van der Waals surface area (Å²) in [6.07, 6.45) is 2.50. The first kappa shape index (κ1) is 14.4. The van der Waals surface area contributed by atoms with E-state index in [1.165, 1.54) is 35.1 Å². The standard InChI is InChI=1S/C21H26/c1-13-12-21(16(4)15(3)14(13)2)20-11-10-18-8-6-7-9-19(18)17(20)5/h6-9,12,17,20H,10-11H2,1-5H3/t17-,20?/m1/s1. The van der Waals surface area contributed by atoms with E-state index in [2.05, 4.69) is 65.0 Å². The molecular weight excluding hydrogens is 252 g/mol. The second kappa shape index (κ2) is 5.33. The molecular formula is C21H26. The lowest BCUT2D eigenvalue weighted by Crippen LogP contribution is -2.18. The van der Waals surface area contributed by atoms with Crippen LogP contribution in [0, 0.1) is 27.7 Å². The van der Waals surface area contributed by atoms with Crippen molar-refractivity contribution in [2.45, 2.75) is 59.3 Å². The van der Waals surface area contributed by atoms with Crippen LogP contribution in [-0.4, -0.2) is 0 Å². The molecule has 1 unspecified atom stereocenters. The Balaban J connectivity index is 2.07. The molecule has 2 atom stereocenters. The van der Waals surface area contributed by atoms with Crippen molar-refractivity contribution in [3.63, 3.8) is 0 Å². The van der Waals surface area contributed by atoms with E-state index in [1.54, 1.807) is 16.7 Å². The lowest BCUT2D eigenvalue weighted by atomic mass is 9.71. The second-order valence-electron chi connectivity index (χ2n) is 6.79. The largest absolute Gasteiger partial charge is 0.0620 e. The molecule has 0 amide bonds. The Hall–Kier alpha value is -1.56. The third-order valence-corrected chi connectivity index (χ3v) is 5.79. The third kappa shape index (κ3) is 2.31. The maximum absolute atomic E-state index is 2.45. The Morgan fingerprint density at radius 2 is 1.57 bits per heavy atom. The molecule has 0 aliphatic heterocycles. The van der Waals surface area contributed by atoms with Crippen LogP contribution in [-0.2, 0) is 6.42 Å². The van der Waals surface area contributed by atoms with Crippen molar-refractivity contribution in [3.8, 4) is 0 Å². The monoisotopic (exact) mass is 278 g/mol. The normalized spacial score (nSPS) is 21.2. The first-order chi connectivity index (χ1) is 10.0. The molecule has 0 radical (unpaired) electrons. The minimum Gasteiger partial charge on any atom is -0.0620 e. The smallest absolute Gasteiger partial charge is 0.00897 e. The Bertz CT molecular complexity index is 679. The maximum Gasteiger partial charge on any atom is -0.00897 e. The fraction of sp³-hybridized carbons (Fsp3) is 0.429. The zero-order valence-electron chi connectivity index (χ0n) is 14.0. The van der Waals surface area contributed by atoms with Gasteiger partial charge in [-0.15, -0.1) is 0 Å². The average molecular weight is 278 g/mol. The maximum atomic E-state index is 2.45. The topological polar surface area (TPSA) is 0 Å². The van der Waals surface area contributed by atoms with Crippen LogP contribution in [0.2, 0.25) is 0 Å². The van der Waals surface area contributed by atoms with Crippen molar-refractivity contribution in [1.82, 2.24) is 0 Å². The van der Waals surface area contributed by atoms with Gasteiger partial charge in [-0.3, -0.25) is 0 Å². The van der Waals surface area contributed by atoms with Crippen LogP contribution in [0.4, 0.5) is 0 Å². The molecule has 2 aromatic rings. The molecule has 0 nitrogen and oxygen atoms in total. The molecule has 0 saturated heterocycles. The zero-order valence-corrected chi connectivity index (χ0v) is 14.0. The molecule has 0 bridgehead atoms. The van der Waals surface area contributed by atoms with Gasteiger partial charge in [0.05, 0.1) is 0 Å². The molecule has 21 heavy (non-hydrogen) atoms. The van der Waals surface area contributed by atoms with Gasteiger partial charge < -0.3 is 0 Å². The fourth-order valence-electron chi connectivity index (χ4n) is 4.04. The second-order valence-corrected chi connectivity index (χ2v) is 6.79. The molecule has 0 fully saturated rings. The summed E-state index contributed by atoms with van der Waals surface area (Å²) >= 11 is 0. The van der Waals surface area contributed by atoms with Crippen molar-refractivity contribution < 1.29 is 0 Å². The summed E-state index contributed by atoms with van der Waals surface area (Å²) in [6, 6.07) is 11.5. The third-order valence-electron chi connectivity index (χ3n) is 5.79. The van der Waals surface area contributed by atoms with E-state index in [9.17, 15) is 0 Å². The molecule has 0 N–H and O–H groups in total. The molecule has 1 aliphatic carbocycles. The van der Waals surface area contributed by atoms with Gasteiger partial charge in [0, 0.05) is 0 Å². The first-order valence-corrected chi connectivity index (χ1v) is 8.15. The van der Waals surface area contributed by atoms with Gasteiger partial charge >= 0.3 is 0 Å². The molecule has 0 saturated carbocycles. The fourth-order valence-corrected chi connectivity index (χ4v) is 4.04. The van der Waals surface area contributed by atoms with Gasteiger partial charge in [0.1, 0.15) is 0 Å². The van der Waals surface area contributed by atoms with E-state index in [-0.39, 0.29) is 0 Å². The number of aryl methyl sites for hydroxylation is 2. The van der Waals surface area contributed by atoms with Crippen LogP contribution < -0.4 is 0 Å². The minimum atomic E-state index is 0.621. The van der Waals surface area contributed by atoms with Crippen molar-refractivity contribution in [1.29, 1.82) is 0 Å². The van der Waals surface area contributed by atoms with Crippen LogP contribution in [0.15, 0.2) is 30.3 Å². The summed E-state index contributed by atoms with van der Waals surface area (Å²) < 4.78 is 0. The van der Waals surface area contributed by atoms with Gasteiger partial charge in [0.15, 0.2) is 0 Å². The Morgan fingerprint density at radius 1 is 0.857 bits per heavy atom. The lowest BCUT2D eigenvalue weighted by molar-refractivity contribution is 0.499. The van der Waals surface area contributed by atoms with Crippen LogP contribution >= 0.6 is 0 Å². The summed E-state index contributed by atoms with van der Waals surface area (Å²) in [5.74, 6) is 1.29. The lowest BCUT2D eigenvalue weighted by Gasteiger charge is -2.33. The van der Waals surface area contributed by atoms with Crippen molar-refractivity contribution >= 4 is 0 Å². The predicted molar refractivity (Wildman–Crippen MR) is 91.3 cm³/mol. The Morgan fingerprint density at radius 3 is 2.33 bits per heavy atom. The molecule has 0 aromatic heterocycles. The minimum absolute atomic E-state index is 0.621. The van der Waals surface area contributed by atoms with Crippen LogP contribution in [0.5, 0.6) is 0 Å². The van der Waals surface area contributed by atoms with E-state index in [1.807, 2.05) is 0 Å². The van der Waals surface area contributed by atoms with Crippen LogP contribution in [0.3, 0.4) is 0 Å². The van der Waals surface area contributed by atoms with Gasteiger partial charge in [0.2, 0.25) is 0 Å². The van der Waals surface area contributed by atoms with Crippen LogP contribution in [0.25, 0.3) is 0 Å². The number of rotatable bonds is 1. The van der Waals surface area contributed by atoms with Crippen molar-refractivity contribution in [2.24, 2.45) is 0 Å². The van der Waals surface area contributed by atoms with Gasteiger partial charge in [-0.25, -0.2) is 0 Å². The van der Waals surface area contributed by atoms with Gasteiger partial charge in [-0.05, 0) is 91.3 Å². The average Bonchev–Trinajstić information content (AvgIpc) is 2.50. The Kier molecular flexibility index (Phi) is 3.65. The summed E-state index contributed by atoms with van der Waals surface area (Å²) in [4.78, 5) is 0. The van der Waals surface area contributed by atoms with Crippen LogP contribution in [0.1, 0.15) is 64.1 Å². The quantitative estimate of drug-likeness (QED) is 0.622. The summed E-state index contributed by atoms with van der Waals surface area (Å²) in [5.41, 5.74) is 10.6. The molecule has 2 aromatic carbocycles. The molecule has 1 aliphatic rings. The molecule has 3 rings (SSSR count). The van der Waals surface area contributed by atoms with Crippen molar-refractivity contribution in [3.05, 3.63) is 69.3 Å². The SMILES string of the molecule is Cc1cc(C2CCc3ccccc3[C@H]2C)c(C)c(C)c1C. The molecule has 110 valence electrons. The first-order valence-electron chi connectivity index (χ1n) is 8.15. The summed E-state index contributed by atoms with van der Waals surface area (Å²) in [5, 5.41) is 0. The highest BCUT2D eigenvalue weighted by Gasteiger charge is 2.28. The molecule has 0 spiro atoms. The van der Waals surface area contributed by atoms with E-state index in [0.29, 0.717) is 11.8 Å². The van der Waals surface area contributed by atoms with E-state index in [0.717, 1.165) is 0 Å². The van der Waals surface area contributed by atoms with E-state index < -0.39 is 0 Å². The number of fused-ring (bicyclic) bond motifs is 1. The van der Waals surface area contributed by atoms with Gasteiger partial charge in [-0.2, -0.15) is 0 Å². The van der Waals surface area contributed by atoms with E-state index >= 15 is 0 Å². The highest BCUT2D eigenvalue weighted by Crippen LogP contribution is 2.44. The highest BCUT2D eigenvalue weighted by atomic mass is 14.3. The Labute approximate surface area is 129 Å². The number of hydrogen-bond donors (Lipinski definition) is 0. The van der Waals surface area contributed by atoms with Gasteiger partial charge in [-0.1, -0.05) is 37.3 Å². The zero-order chi connectivity index (χ0) is 15.1. The van der Waals surface area contributed by atoms with E-state index in [4.69, 9.17) is 0 Å². The molecule has 0 heteroatoms. The number of hydrogen-bond acceptors (Lipinski definition) is 0. The predicted octanol–water partition coefficient (Wildman–Crippen LogP) is 5.75. The van der Waals surface area contributed by atoms with Gasteiger partial charge in [0.25, 0.3) is 0 Å². The highest BCUT2D eigenvalue weighted by molar-refractivity contribution is 5.47.